The summed E-state index contributed by atoms with van der Waals surface area (Å²) in [6.07, 6.45) is 1.66. The van der Waals surface area contributed by atoms with Crippen LogP contribution in [-0.2, 0) is 29.2 Å². The summed E-state index contributed by atoms with van der Waals surface area (Å²) in [6.45, 7) is 3.62. The van der Waals surface area contributed by atoms with Crippen LogP contribution in [0.5, 0.6) is 0 Å². The molecule has 2 unspecified atom stereocenters. The molecule has 0 radical (unpaired) electrons. The molecule has 9 nitrogen and oxygen atoms in total. The summed E-state index contributed by atoms with van der Waals surface area (Å²) in [5.41, 5.74) is 3.49. The van der Waals surface area contributed by atoms with Crippen molar-refractivity contribution in [2.45, 2.75) is 51.0 Å². The molecule has 172 valence electrons. The van der Waals surface area contributed by atoms with Gasteiger partial charge in [0.25, 0.3) is 5.91 Å². The largest absolute Gasteiger partial charge is 0.322 e. The van der Waals surface area contributed by atoms with Crippen molar-refractivity contribution in [2.75, 3.05) is 13.1 Å². The number of aromatic nitrogens is 2. The predicted molar refractivity (Wildman–Crippen MR) is 120 cm³/mol. The van der Waals surface area contributed by atoms with Crippen LogP contribution in [-0.4, -0.2) is 62.9 Å². The zero-order chi connectivity index (χ0) is 22.9. The van der Waals surface area contributed by atoms with Crippen molar-refractivity contribution in [3.05, 3.63) is 57.9 Å². The highest BCUT2D eigenvalue weighted by molar-refractivity contribution is 6.29. The Balaban J connectivity index is 1.33. The number of nitrogens with one attached hydrogen (secondary N) is 2. The molecule has 2 atom stereocenters. The number of fused-ring (bicyclic) bond motifs is 1. The third-order valence-corrected chi connectivity index (χ3v) is 6.78. The molecule has 10 heteroatoms. The molecule has 0 aliphatic carbocycles. The second-order valence-electron chi connectivity index (χ2n) is 8.79. The van der Waals surface area contributed by atoms with Crippen molar-refractivity contribution < 1.29 is 14.4 Å². The van der Waals surface area contributed by atoms with Gasteiger partial charge in [-0.25, -0.2) is 0 Å². The van der Waals surface area contributed by atoms with Gasteiger partial charge in [0.05, 0.1) is 5.69 Å². The third kappa shape index (κ3) is 4.62. The standard InChI is InChI=1S/C23H25ClN6O3/c24-20-5-2-16(27-28-20)13-29(17-7-8-25-10-17)11-14-1-3-18-15(9-14)12-30(23(18)33)19-4-6-21(31)26-22(19)32/h1-3,5,9,17,19,25H,4,6-8,10-13H2,(H,26,31,32). The normalized spacial score (nSPS) is 22.7. The second kappa shape index (κ2) is 9.17. The van der Waals surface area contributed by atoms with Crippen LogP contribution in [0.15, 0.2) is 30.3 Å². The number of amides is 3. The van der Waals surface area contributed by atoms with Gasteiger partial charge in [-0.1, -0.05) is 23.7 Å². The molecule has 3 aliphatic rings. The van der Waals surface area contributed by atoms with Crippen molar-refractivity contribution in [1.29, 1.82) is 0 Å². The van der Waals surface area contributed by atoms with Gasteiger partial charge in [-0.2, -0.15) is 5.10 Å². The van der Waals surface area contributed by atoms with E-state index in [0.717, 1.165) is 36.3 Å². The van der Waals surface area contributed by atoms with E-state index < -0.39 is 11.9 Å². The number of hydrogen-bond acceptors (Lipinski definition) is 7. The maximum atomic E-state index is 13.0. The van der Waals surface area contributed by atoms with Gasteiger partial charge in [0.2, 0.25) is 11.8 Å². The average molecular weight is 469 g/mol. The maximum absolute atomic E-state index is 13.0. The van der Waals surface area contributed by atoms with E-state index in [1.165, 1.54) is 0 Å². The van der Waals surface area contributed by atoms with Crippen molar-refractivity contribution in [3.63, 3.8) is 0 Å². The molecule has 0 saturated carbocycles. The number of piperidine rings is 1. The zero-order valence-corrected chi connectivity index (χ0v) is 18.8. The predicted octanol–water partition coefficient (Wildman–Crippen LogP) is 1.26. The molecule has 0 bridgehead atoms. The molecular weight excluding hydrogens is 444 g/mol. The molecule has 2 fully saturated rings. The summed E-state index contributed by atoms with van der Waals surface area (Å²) >= 11 is 5.88. The Bertz CT molecular complexity index is 1090. The first-order valence-electron chi connectivity index (χ1n) is 11.2. The van der Waals surface area contributed by atoms with E-state index in [4.69, 9.17) is 11.6 Å². The van der Waals surface area contributed by atoms with E-state index in [1.54, 1.807) is 11.0 Å². The van der Waals surface area contributed by atoms with Crippen molar-refractivity contribution in [2.24, 2.45) is 0 Å². The number of benzene rings is 1. The molecule has 5 rings (SSSR count). The molecule has 1 aromatic heterocycles. The highest BCUT2D eigenvalue weighted by Crippen LogP contribution is 2.29. The third-order valence-electron chi connectivity index (χ3n) is 6.58. The first-order chi connectivity index (χ1) is 16.0. The molecule has 2 aromatic rings. The van der Waals surface area contributed by atoms with Crippen LogP contribution >= 0.6 is 11.6 Å². The Morgan fingerprint density at radius 2 is 1.97 bits per heavy atom. The van der Waals surface area contributed by atoms with E-state index in [2.05, 4.69) is 31.8 Å². The van der Waals surface area contributed by atoms with Gasteiger partial charge in [-0.3, -0.25) is 24.6 Å². The van der Waals surface area contributed by atoms with Gasteiger partial charge >= 0.3 is 0 Å². The quantitative estimate of drug-likeness (QED) is 0.614. The lowest BCUT2D eigenvalue weighted by Gasteiger charge is -2.29. The average Bonchev–Trinajstić information content (AvgIpc) is 3.44. The minimum atomic E-state index is -0.601. The van der Waals surface area contributed by atoms with Crippen LogP contribution in [0.25, 0.3) is 0 Å². The smallest absolute Gasteiger partial charge is 0.255 e. The van der Waals surface area contributed by atoms with Gasteiger partial charge < -0.3 is 10.2 Å². The SMILES string of the molecule is O=C1CCC(N2Cc3cc(CN(Cc4ccc(Cl)nn4)C4CCNC4)ccc3C2=O)C(=O)N1. The first-order valence-corrected chi connectivity index (χ1v) is 11.5. The highest BCUT2D eigenvalue weighted by atomic mass is 35.5. The van der Waals surface area contributed by atoms with Crippen molar-refractivity contribution in [1.82, 2.24) is 30.6 Å². The fourth-order valence-corrected chi connectivity index (χ4v) is 4.96. The first kappa shape index (κ1) is 21.9. The van der Waals surface area contributed by atoms with Gasteiger partial charge in [-0.15, -0.1) is 5.10 Å². The van der Waals surface area contributed by atoms with Crippen LogP contribution in [0.1, 0.15) is 46.4 Å². The Morgan fingerprint density at radius 3 is 2.70 bits per heavy atom. The van der Waals surface area contributed by atoms with E-state index >= 15 is 0 Å². The van der Waals surface area contributed by atoms with Crippen LogP contribution in [0, 0.1) is 0 Å². The highest BCUT2D eigenvalue weighted by Gasteiger charge is 2.39. The van der Waals surface area contributed by atoms with Gasteiger partial charge in [0, 0.05) is 44.2 Å². The number of carbonyl (C=O) groups excluding carboxylic acids is 3. The van der Waals surface area contributed by atoms with Crippen LogP contribution in [0.4, 0.5) is 0 Å². The summed E-state index contributed by atoms with van der Waals surface area (Å²) in [6, 6.07) is 9.30. The maximum Gasteiger partial charge on any atom is 0.255 e. The lowest BCUT2D eigenvalue weighted by Crippen LogP contribution is -2.52. The molecule has 0 spiro atoms. The fourth-order valence-electron chi connectivity index (χ4n) is 4.86. The lowest BCUT2D eigenvalue weighted by atomic mass is 10.0. The van der Waals surface area contributed by atoms with Crippen molar-refractivity contribution >= 4 is 29.3 Å². The molecule has 3 amide bonds. The van der Waals surface area contributed by atoms with E-state index in [1.807, 2.05) is 18.2 Å². The van der Waals surface area contributed by atoms with E-state index in [9.17, 15) is 14.4 Å². The summed E-state index contributed by atoms with van der Waals surface area (Å²) < 4.78 is 0. The topological polar surface area (TPSA) is 108 Å². The van der Waals surface area contributed by atoms with Gasteiger partial charge in [-0.05, 0) is 48.7 Å². The van der Waals surface area contributed by atoms with Gasteiger partial charge in [0.1, 0.15) is 6.04 Å². The van der Waals surface area contributed by atoms with E-state index in [-0.39, 0.29) is 18.2 Å². The monoisotopic (exact) mass is 468 g/mol. The number of nitrogens with zero attached hydrogens (tertiary/aromatic N) is 4. The summed E-state index contributed by atoms with van der Waals surface area (Å²) in [4.78, 5) is 40.7. The Labute approximate surface area is 196 Å². The zero-order valence-electron chi connectivity index (χ0n) is 18.1. The number of carbonyl (C=O) groups is 3. The minimum absolute atomic E-state index is 0.153. The minimum Gasteiger partial charge on any atom is -0.322 e. The molecule has 4 heterocycles. The number of hydrogen-bond donors (Lipinski definition) is 2. The van der Waals surface area contributed by atoms with Crippen LogP contribution in [0.3, 0.4) is 0 Å². The number of halogens is 1. The van der Waals surface area contributed by atoms with E-state index in [0.29, 0.717) is 42.8 Å². The molecule has 2 saturated heterocycles. The summed E-state index contributed by atoms with van der Waals surface area (Å²) in [5.74, 6) is -0.828. The van der Waals surface area contributed by atoms with Crippen molar-refractivity contribution in [3.8, 4) is 0 Å². The Hall–Kier alpha value is -2.88. The Kier molecular flexibility index (Phi) is 6.09. The fraction of sp³-hybridized carbons (Fsp3) is 0.435. The molecule has 33 heavy (non-hydrogen) atoms. The number of rotatable bonds is 6. The summed E-state index contributed by atoms with van der Waals surface area (Å²) in [7, 11) is 0. The Morgan fingerprint density at radius 1 is 1.09 bits per heavy atom. The summed E-state index contributed by atoms with van der Waals surface area (Å²) in [5, 5.41) is 14.3. The molecule has 1 aromatic carbocycles. The molecular formula is C23H25ClN6O3. The second-order valence-corrected chi connectivity index (χ2v) is 9.18. The molecule has 2 N–H and O–H groups in total. The van der Waals surface area contributed by atoms with Crippen LogP contribution < -0.4 is 10.6 Å². The van der Waals surface area contributed by atoms with Gasteiger partial charge in [0.15, 0.2) is 5.15 Å². The molecule has 3 aliphatic heterocycles. The van der Waals surface area contributed by atoms with Crippen LogP contribution in [0.2, 0.25) is 5.15 Å². The number of imide groups is 1. The lowest BCUT2D eigenvalue weighted by molar-refractivity contribution is -0.136.